The summed E-state index contributed by atoms with van der Waals surface area (Å²) in [6.45, 7) is 6.61. The first kappa shape index (κ1) is 16.7. The van der Waals surface area contributed by atoms with Gasteiger partial charge in [-0.15, -0.1) is 0 Å². The number of carbonyl (C=O) groups is 2. The number of methoxy groups -OCH3 is 1. The van der Waals surface area contributed by atoms with Gasteiger partial charge in [-0.2, -0.15) is 0 Å². The van der Waals surface area contributed by atoms with Crippen LogP contribution in [-0.4, -0.2) is 55.4 Å². The van der Waals surface area contributed by atoms with Crippen LogP contribution in [-0.2, 0) is 9.53 Å². The first-order chi connectivity index (χ1) is 8.18. The normalized spacial score (nSPS) is 12.9. The highest BCUT2D eigenvalue weighted by atomic mass is 16.5. The minimum Gasteiger partial charge on any atom is -0.481 e. The van der Waals surface area contributed by atoms with Gasteiger partial charge in [0.2, 0.25) is 0 Å². The molecule has 0 fully saturated rings. The Balaban J connectivity index is 4.48. The third-order valence-electron chi connectivity index (χ3n) is 2.70. The lowest BCUT2D eigenvalue weighted by atomic mass is 9.85. The molecular formula is C12H24N2O4. The summed E-state index contributed by atoms with van der Waals surface area (Å²) in [6, 6.07) is -0.694. The number of hydrogen-bond donors (Lipinski definition) is 2. The molecule has 0 saturated heterocycles. The highest BCUT2D eigenvalue weighted by Crippen LogP contribution is 2.22. The van der Waals surface area contributed by atoms with E-state index in [1.807, 2.05) is 20.8 Å². The molecule has 1 unspecified atom stereocenters. The molecular weight excluding hydrogens is 236 g/mol. The molecule has 1 atom stereocenters. The highest BCUT2D eigenvalue weighted by Gasteiger charge is 2.29. The number of carboxylic acid groups (broad SMARTS) is 1. The van der Waals surface area contributed by atoms with Crippen LogP contribution in [0.2, 0.25) is 0 Å². The molecule has 0 aliphatic carbocycles. The Morgan fingerprint density at radius 1 is 1.39 bits per heavy atom. The topological polar surface area (TPSA) is 78.9 Å². The largest absolute Gasteiger partial charge is 0.481 e. The summed E-state index contributed by atoms with van der Waals surface area (Å²) in [5.41, 5.74) is -0.309. The van der Waals surface area contributed by atoms with Crippen molar-refractivity contribution in [1.29, 1.82) is 0 Å². The van der Waals surface area contributed by atoms with Crippen molar-refractivity contribution in [1.82, 2.24) is 10.2 Å². The van der Waals surface area contributed by atoms with Crippen molar-refractivity contribution < 1.29 is 19.4 Å². The number of ether oxygens (including phenoxy) is 1. The summed E-state index contributed by atoms with van der Waals surface area (Å²) in [7, 11) is 3.21. The molecule has 0 rings (SSSR count). The van der Waals surface area contributed by atoms with Gasteiger partial charge in [-0.1, -0.05) is 20.8 Å². The number of amides is 2. The number of likely N-dealkylation sites (N-methyl/N-ethyl adjacent to an activating group) is 1. The summed E-state index contributed by atoms with van der Waals surface area (Å²) in [6.07, 6.45) is -0.0899. The van der Waals surface area contributed by atoms with Crippen molar-refractivity contribution in [2.75, 3.05) is 27.3 Å². The number of carboxylic acids is 1. The van der Waals surface area contributed by atoms with Crippen molar-refractivity contribution in [3.05, 3.63) is 0 Å². The van der Waals surface area contributed by atoms with Crippen molar-refractivity contribution in [3.63, 3.8) is 0 Å². The molecule has 6 nitrogen and oxygen atoms in total. The second-order valence-electron chi connectivity index (χ2n) is 5.38. The first-order valence-electron chi connectivity index (χ1n) is 5.90. The van der Waals surface area contributed by atoms with E-state index in [0.29, 0.717) is 13.2 Å². The average molecular weight is 260 g/mol. The van der Waals surface area contributed by atoms with Gasteiger partial charge in [-0.05, 0) is 5.41 Å². The molecule has 2 N–H and O–H groups in total. The van der Waals surface area contributed by atoms with Gasteiger partial charge in [-0.3, -0.25) is 4.79 Å². The van der Waals surface area contributed by atoms with Crippen LogP contribution in [0.5, 0.6) is 0 Å². The van der Waals surface area contributed by atoms with Gasteiger partial charge >= 0.3 is 12.0 Å². The lowest BCUT2D eigenvalue weighted by Crippen LogP contribution is -2.50. The monoisotopic (exact) mass is 260 g/mol. The smallest absolute Gasteiger partial charge is 0.317 e. The minimum absolute atomic E-state index is 0.0899. The van der Waals surface area contributed by atoms with E-state index in [4.69, 9.17) is 9.84 Å². The summed E-state index contributed by atoms with van der Waals surface area (Å²) < 4.78 is 4.88. The lowest BCUT2D eigenvalue weighted by molar-refractivity contribution is -0.138. The number of hydrogen-bond acceptors (Lipinski definition) is 3. The molecule has 0 radical (unpaired) electrons. The number of aliphatic carboxylic acids is 1. The molecule has 0 heterocycles. The number of urea groups is 1. The molecule has 0 saturated carbocycles. The van der Waals surface area contributed by atoms with E-state index in [9.17, 15) is 9.59 Å². The number of nitrogens with one attached hydrogen (secondary N) is 1. The van der Waals surface area contributed by atoms with E-state index in [1.54, 1.807) is 14.2 Å². The van der Waals surface area contributed by atoms with Gasteiger partial charge in [0.05, 0.1) is 13.0 Å². The molecule has 2 amide bonds. The van der Waals surface area contributed by atoms with Gasteiger partial charge in [-0.25, -0.2) is 4.79 Å². The van der Waals surface area contributed by atoms with Gasteiger partial charge in [0.1, 0.15) is 0 Å². The molecule has 0 bridgehead atoms. The fourth-order valence-electron chi connectivity index (χ4n) is 1.34. The van der Waals surface area contributed by atoms with Crippen molar-refractivity contribution >= 4 is 12.0 Å². The maximum atomic E-state index is 11.9. The van der Waals surface area contributed by atoms with Crippen LogP contribution in [0.4, 0.5) is 4.79 Å². The maximum Gasteiger partial charge on any atom is 0.317 e. The van der Waals surface area contributed by atoms with Crippen molar-refractivity contribution in [3.8, 4) is 0 Å². The second kappa shape index (κ2) is 7.20. The first-order valence-corrected chi connectivity index (χ1v) is 5.90. The fourth-order valence-corrected chi connectivity index (χ4v) is 1.34. The van der Waals surface area contributed by atoms with Gasteiger partial charge in [0, 0.05) is 26.7 Å². The van der Waals surface area contributed by atoms with Crippen molar-refractivity contribution in [2.45, 2.75) is 33.2 Å². The Morgan fingerprint density at radius 3 is 2.33 bits per heavy atom. The average Bonchev–Trinajstić information content (AvgIpc) is 2.22. The van der Waals surface area contributed by atoms with Crippen molar-refractivity contribution in [2.24, 2.45) is 5.41 Å². The Hall–Kier alpha value is -1.30. The van der Waals surface area contributed by atoms with E-state index in [2.05, 4.69) is 5.32 Å². The fraction of sp³-hybridized carbons (Fsp3) is 0.833. The Morgan fingerprint density at radius 2 is 1.94 bits per heavy atom. The SMILES string of the molecule is COCCN(C)C(=O)NC(CC(=O)O)C(C)(C)C. The quantitative estimate of drug-likeness (QED) is 0.751. The van der Waals surface area contributed by atoms with Crippen LogP contribution in [0.1, 0.15) is 27.2 Å². The summed E-state index contributed by atoms with van der Waals surface area (Å²) in [5, 5.41) is 11.6. The van der Waals surface area contributed by atoms with Crippen LogP contribution in [0, 0.1) is 5.41 Å². The third-order valence-corrected chi connectivity index (χ3v) is 2.70. The van der Waals surface area contributed by atoms with Crippen LogP contribution in [0.15, 0.2) is 0 Å². The van der Waals surface area contributed by atoms with Crippen LogP contribution >= 0.6 is 0 Å². The van der Waals surface area contributed by atoms with Gasteiger partial charge in [0.15, 0.2) is 0 Å². The van der Waals surface area contributed by atoms with Crippen LogP contribution in [0.25, 0.3) is 0 Å². The maximum absolute atomic E-state index is 11.9. The summed E-state index contributed by atoms with van der Waals surface area (Å²) in [4.78, 5) is 24.1. The predicted octanol–water partition coefficient (Wildman–Crippen LogP) is 1.16. The Bertz CT molecular complexity index is 286. The Kier molecular flexibility index (Phi) is 6.68. The molecule has 0 aromatic rings. The van der Waals surface area contributed by atoms with Crippen LogP contribution < -0.4 is 5.32 Å². The van der Waals surface area contributed by atoms with E-state index in [0.717, 1.165) is 0 Å². The van der Waals surface area contributed by atoms with E-state index < -0.39 is 12.0 Å². The van der Waals surface area contributed by atoms with Crippen LogP contribution in [0.3, 0.4) is 0 Å². The second-order valence-corrected chi connectivity index (χ2v) is 5.38. The lowest BCUT2D eigenvalue weighted by Gasteiger charge is -2.32. The minimum atomic E-state index is -0.922. The third kappa shape index (κ3) is 6.44. The Labute approximate surface area is 108 Å². The van der Waals surface area contributed by atoms with E-state index in [-0.39, 0.29) is 17.9 Å². The number of carbonyl (C=O) groups excluding carboxylic acids is 1. The highest BCUT2D eigenvalue weighted by molar-refractivity contribution is 5.75. The molecule has 0 aliphatic rings. The molecule has 6 heteroatoms. The molecule has 106 valence electrons. The molecule has 18 heavy (non-hydrogen) atoms. The zero-order chi connectivity index (χ0) is 14.3. The summed E-state index contributed by atoms with van der Waals surface area (Å²) >= 11 is 0. The van der Waals surface area contributed by atoms with Gasteiger partial charge in [0.25, 0.3) is 0 Å². The zero-order valence-corrected chi connectivity index (χ0v) is 11.8. The zero-order valence-electron chi connectivity index (χ0n) is 11.8. The predicted molar refractivity (Wildman–Crippen MR) is 68.5 cm³/mol. The molecule has 0 aromatic carbocycles. The molecule has 0 aromatic heterocycles. The number of rotatable bonds is 6. The molecule has 0 spiro atoms. The summed E-state index contributed by atoms with van der Waals surface area (Å²) in [5.74, 6) is -0.922. The van der Waals surface area contributed by atoms with E-state index in [1.165, 1.54) is 4.90 Å². The van der Waals surface area contributed by atoms with E-state index >= 15 is 0 Å². The van der Waals surface area contributed by atoms with Gasteiger partial charge < -0.3 is 20.1 Å². The molecule has 0 aliphatic heterocycles. The number of nitrogens with zero attached hydrogens (tertiary/aromatic N) is 1. The standard InChI is InChI=1S/C12H24N2O4/c1-12(2,3)9(8-10(15)16)13-11(17)14(4)6-7-18-5/h9H,6-8H2,1-5H3,(H,13,17)(H,15,16).